The van der Waals surface area contributed by atoms with Crippen molar-refractivity contribution in [2.75, 3.05) is 6.54 Å². The van der Waals surface area contributed by atoms with Crippen LogP contribution in [0.3, 0.4) is 0 Å². The quantitative estimate of drug-likeness (QED) is 0.719. The van der Waals surface area contributed by atoms with Crippen LogP contribution in [-0.2, 0) is 11.3 Å². The maximum atomic E-state index is 11.7. The Kier molecular flexibility index (Phi) is 5.94. The third-order valence-electron chi connectivity index (χ3n) is 3.46. The smallest absolute Gasteiger partial charge is 0.315 e. The molecular weight excluding hydrogens is 278 g/mol. The standard InChI is InChI=1S/C13H21N3O3S/c1-4-13(5-2,11(17)18)8-15-12(19)14-6-10-16-9(3)7-20-10/h7H,4-6,8H2,1-3H3,(H,17,18)(H2,14,15,19). The highest BCUT2D eigenvalue weighted by atomic mass is 32.1. The molecule has 0 spiro atoms. The Bertz CT molecular complexity index is 469. The van der Waals surface area contributed by atoms with Crippen molar-refractivity contribution in [3.8, 4) is 0 Å². The van der Waals surface area contributed by atoms with Gasteiger partial charge in [0, 0.05) is 17.6 Å². The van der Waals surface area contributed by atoms with Crippen LogP contribution < -0.4 is 10.6 Å². The summed E-state index contributed by atoms with van der Waals surface area (Å²) in [5.74, 6) is -0.877. The first-order valence-corrected chi connectivity index (χ1v) is 7.47. The lowest BCUT2D eigenvalue weighted by Gasteiger charge is -2.26. The number of aromatic nitrogens is 1. The molecule has 0 saturated heterocycles. The van der Waals surface area contributed by atoms with E-state index in [1.54, 1.807) is 0 Å². The second kappa shape index (κ2) is 7.23. The fourth-order valence-electron chi connectivity index (χ4n) is 1.83. The Morgan fingerprint density at radius 1 is 1.35 bits per heavy atom. The first-order chi connectivity index (χ1) is 9.43. The Morgan fingerprint density at radius 3 is 2.45 bits per heavy atom. The minimum atomic E-state index is -0.894. The minimum absolute atomic E-state index is 0.123. The SMILES string of the molecule is CCC(CC)(CNC(=O)NCc1nc(C)cs1)C(=O)O. The molecule has 0 aliphatic rings. The number of hydrogen-bond donors (Lipinski definition) is 3. The molecule has 0 aromatic carbocycles. The highest BCUT2D eigenvalue weighted by molar-refractivity contribution is 7.09. The predicted octanol–water partition coefficient (Wildman–Crippen LogP) is 2.14. The molecular formula is C13H21N3O3S. The first kappa shape index (κ1) is 16.4. The van der Waals surface area contributed by atoms with Crippen molar-refractivity contribution in [1.29, 1.82) is 0 Å². The number of carbonyl (C=O) groups excluding carboxylic acids is 1. The summed E-state index contributed by atoms with van der Waals surface area (Å²) >= 11 is 1.48. The lowest BCUT2D eigenvalue weighted by atomic mass is 9.82. The fraction of sp³-hybridized carbons (Fsp3) is 0.615. The zero-order valence-corrected chi connectivity index (χ0v) is 12.8. The van der Waals surface area contributed by atoms with Crippen molar-refractivity contribution in [3.63, 3.8) is 0 Å². The van der Waals surface area contributed by atoms with Crippen LogP contribution in [0.25, 0.3) is 0 Å². The summed E-state index contributed by atoms with van der Waals surface area (Å²) in [6, 6.07) is -0.370. The number of hydrogen-bond acceptors (Lipinski definition) is 4. The summed E-state index contributed by atoms with van der Waals surface area (Å²) < 4.78 is 0. The summed E-state index contributed by atoms with van der Waals surface area (Å²) in [6.07, 6.45) is 0.954. The molecule has 2 amide bonds. The van der Waals surface area contributed by atoms with Crippen LogP contribution in [0.5, 0.6) is 0 Å². The molecule has 20 heavy (non-hydrogen) atoms. The van der Waals surface area contributed by atoms with Crippen LogP contribution in [0.2, 0.25) is 0 Å². The highest BCUT2D eigenvalue weighted by Crippen LogP contribution is 2.25. The molecule has 0 atom stereocenters. The largest absolute Gasteiger partial charge is 0.481 e. The van der Waals surface area contributed by atoms with E-state index in [1.807, 2.05) is 26.2 Å². The summed E-state index contributed by atoms with van der Waals surface area (Å²) in [7, 11) is 0. The number of carbonyl (C=O) groups is 2. The van der Waals surface area contributed by atoms with Crippen molar-refractivity contribution in [3.05, 3.63) is 16.1 Å². The molecule has 0 saturated carbocycles. The highest BCUT2D eigenvalue weighted by Gasteiger charge is 2.35. The number of urea groups is 1. The van der Waals surface area contributed by atoms with Crippen molar-refractivity contribution < 1.29 is 14.7 Å². The number of nitrogens with zero attached hydrogens (tertiary/aromatic N) is 1. The Labute approximate surface area is 122 Å². The average molecular weight is 299 g/mol. The van der Waals surface area contributed by atoms with Gasteiger partial charge in [0.15, 0.2) is 0 Å². The zero-order valence-electron chi connectivity index (χ0n) is 12.0. The van der Waals surface area contributed by atoms with E-state index in [0.29, 0.717) is 19.4 Å². The van der Waals surface area contributed by atoms with Gasteiger partial charge >= 0.3 is 12.0 Å². The fourth-order valence-corrected chi connectivity index (χ4v) is 2.54. The second-order valence-electron chi connectivity index (χ2n) is 4.71. The average Bonchev–Trinajstić information content (AvgIpc) is 2.83. The first-order valence-electron chi connectivity index (χ1n) is 6.59. The van der Waals surface area contributed by atoms with Gasteiger partial charge in [0.25, 0.3) is 0 Å². The maximum absolute atomic E-state index is 11.7. The van der Waals surface area contributed by atoms with Gasteiger partial charge in [-0.3, -0.25) is 4.79 Å². The van der Waals surface area contributed by atoms with Gasteiger partial charge in [0.1, 0.15) is 5.01 Å². The number of aryl methyl sites for hydroxylation is 1. The third-order valence-corrected chi connectivity index (χ3v) is 4.43. The van der Waals surface area contributed by atoms with Gasteiger partial charge in [-0.1, -0.05) is 13.8 Å². The van der Waals surface area contributed by atoms with Gasteiger partial charge < -0.3 is 15.7 Å². The molecule has 1 heterocycles. The predicted molar refractivity (Wildman–Crippen MR) is 77.7 cm³/mol. The Balaban J connectivity index is 2.44. The zero-order chi connectivity index (χ0) is 15.2. The Morgan fingerprint density at radius 2 is 2.00 bits per heavy atom. The van der Waals surface area contributed by atoms with Crippen molar-refractivity contribution in [2.24, 2.45) is 5.41 Å². The monoisotopic (exact) mass is 299 g/mol. The number of aliphatic carboxylic acids is 1. The summed E-state index contributed by atoms with van der Waals surface area (Å²) in [5.41, 5.74) is 0.0313. The van der Waals surface area contributed by atoms with Crippen LogP contribution >= 0.6 is 11.3 Å². The van der Waals surface area contributed by atoms with E-state index in [-0.39, 0.29) is 12.6 Å². The van der Waals surface area contributed by atoms with Crippen LogP contribution in [0, 0.1) is 12.3 Å². The molecule has 1 rings (SSSR count). The third kappa shape index (κ3) is 4.19. The van der Waals surface area contributed by atoms with E-state index in [2.05, 4.69) is 15.6 Å². The van der Waals surface area contributed by atoms with E-state index in [1.165, 1.54) is 11.3 Å². The van der Waals surface area contributed by atoms with E-state index in [0.717, 1.165) is 10.7 Å². The van der Waals surface area contributed by atoms with Crippen LogP contribution in [0.1, 0.15) is 37.4 Å². The Hall–Kier alpha value is -1.63. The van der Waals surface area contributed by atoms with E-state index >= 15 is 0 Å². The number of nitrogens with one attached hydrogen (secondary N) is 2. The molecule has 0 fully saturated rings. The van der Waals surface area contributed by atoms with Crippen molar-refractivity contribution in [1.82, 2.24) is 15.6 Å². The molecule has 6 nitrogen and oxygen atoms in total. The lowest BCUT2D eigenvalue weighted by Crippen LogP contribution is -2.45. The molecule has 7 heteroatoms. The van der Waals surface area contributed by atoms with Gasteiger partial charge in [-0.15, -0.1) is 11.3 Å². The molecule has 0 bridgehead atoms. The van der Waals surface area contributed by atoms with E-state index < -0.39 is 11.4 Å². The molecule has 1 aromatic rings. The summed E-state index contributed by atoms with van der Waals surface area (Å²) in [5, 5.41) is 17.3. The maximum Gasteiger partial charge on any atom is 0.315 e. The van der Waals surface area contributed by atoms with Crippen LogP contribution in [0.4, 0.5) is 4.79 Å². The summed E-state index contributed by atoms with van der Waals surface area (Å²) in [4.78, 5) is 27.2. The lowest BCUT2D eigenvalue weighted by molar-refractivity contribution is -0.149. The van der Waals surface area contributed by atoms with Gasteiger partial charge in [-0.25, -0.2) is 9.78 Å². The van der Waals surface area contributed by atoms with Crippen molar-refractivity contribution >= 4 is 23.3 Å². The normalized spacial score (nSPS) is 11.2. The minimum Gasteiger partial charge on any atom is -0.481 e. The van der Waals surface area contributed by atoms with Crippen LogP contribution in [0.15, 0.2) is 5.38 Å². The van der Waals surface area contributed by atoms with Crippen molar-refractivity contribution in [2.45, 2.75) is 40.2 Å². The second-order valence-corrected chi connectivity index (χ2v) is 5.65. The number of thiazole rings is 1. The molecule has 0 aliphatic heterocycles. The van der Waals surface area contributed by atoms with Gasteiger partial charge in [-0.2, -0.15) is 0 Å². The topological polar surface area (TPSA) is 91.3 Å². The molecule has 0 radical (unpaired) electrons. The number of amides is 2. The number of carboxylic acid groups (broad SMARTS) is 1. The molecule has 1 aromatic heterocycles. The van der Waals surface area contributed by atoms with Gasteiger partial charge in [-0.05, 0) is 19.8 Å². The van der Waals surface area contributed by atoms with E-state index in [4.69, 9.17) is 0 Å². The molecule has 0 aliphatic carbocycles. The van der Waals surface area contributed by atoms with Crippen LogP contribution in [-0.4, -0.2) is 28.6 Å². The molecule has 0 unspecified atom stereocenters. The summed E-state index contributed by atoms with van der Waals surface area (Å²) in [6.45, 7) is 6.00. The number of carboxylic acids is 1. The van der Waals surface area contributed by atoms with E-state index in [9.17, 15) is 14.7 Å². The van der Waals surface area contributed by atoms with Gasteiger partial charge in [0.2, 0.25) is 0 Å². The van der Waals surface area contributed by atoms with Gasteiger partial charge in [0.05, 0.1) is 12.0 Å². The number of rotatable bonds is 7. The molecule has 112 valence electrons. The molecule has 3 N–H and O–H groups in total.